The molecule has 1 atom stereocenters. The average Bonchev–Trinajstić information content (AvgIpc) is 3.32. The number of allylic oxidation sites excluding steroid dienone is 16. The number of carbonyl (C=O) groups excluding carboxylic acids is 2. The highest BCUT2D eigenvalue weighted by molar-refractivity contribution is 5.70. The minimum atomic E-state index is -0.778. The molecule has 0 aliphatic heterocycles. The normalized spacial score (nSPS) is 13.0. The van der Waals surface area contributed by atoms with Crippen molar-refractivity contribution in [3.8, 4) is 0 Å². The van der Waals surface area contributed by atoms with E-state index >= 15 is 0 Å². The zero-order valence-electron chi connectivity index (χ0n) is 43.2. The van der Waals surface area contributed by atoms with Gasteiger partial charge in [-0.05, 0) is 77.0 Å². The summed E-state index contributed by atoms with van der Waals surface area (Å²) in [6.45, 7) is 4.04. The van der Waals surface area contributed by atoms with Crippen LogP contribution in [0.25, 0.3) is 0 Å². The molecule has 0 aliphatic carbocycles. The van der Waals surface area contributed by atoms with E-state index in [0.29, 0.717) is 12.8 Å². The summed E-state index contributed by atoms with van der Waals surface area (Å²) in [5.41, 5.74) is 0. The Kier molecular flexibility index (Phi) is 53.4. The van der Waals surface area contributed by atoms with E-state index in [-0.39, 0.29) is 25.2 Å². The summed E-state index contributed by atoms with van der Waals surface area (Å²) in [7, 11) is 0. The van der Waals surface area contributed by atoms with Gasteiger partial charge in [0, 0.05) is 12.8 Å². The molecule has 0 saturated carbocycles. The first-order valence-corrected chi connectivity index (χ1v) is 27.8. The van der Waals surface area contributed by atoms with E-state index in [9.17, 15) is 14.7 Å². The van der Waals surface area contributed by atoms with Gasteiger partial charge in [-0.1, -0.05) is 265 Å². The fraction of sp³-hybridized carbons (Fsp3) is 0.705. The number of carbonyl (C=O) groups is 2. The lowest BCUT2D eigenvalue weighted by Crippen LogP contribution is -2.28. The first-order valence-electron chi connectivity index (χ1n) is 27.8. The number of rotatable bonds is 50. The van der Waals surface area contributed by atoms with Crippen LogP contribution in [0.4, 0.5) is 0 Å². The summed E-state index contributed by atoms with van der Waals surface area (Å²) in [6, 6.07) is 0. The predicted molar refractivity (Wildman–Crippen MR) is 288 cm³/mol. The van der Waals surface area contributed by atoms with Crippen LogP contribution in [0.3, 0.4) is 0 Å². The van der Waals surface area contributed by atoms with Crippen molar-refractivity contribution in [1.82, 2.24) is 0 Å². The van der Waals surface area contributed by atoms with Gasteiger partial charge in [0.15, 0.2) is 6.10 Å². The van der Waals surface area contributed by atoms with E-state index in [1.54, 1.807) is 0 Å². The number of unbranched alkanes of at least 4 members (excludes halogenated alkanes) is 26. The Hall–Kier alpha value is -3.18. The van der Waals surface area contributed by atoms with Crippen molar-refractivity contribution in [2.75, 3.05) is 13.2 Å². The van der Waals surface area contributed by atoms with Crippen LogP contribution in [-0.2, 0) is 19.1 Å². The molecule has 66 heavy (non-hydrogen) atoms. The molecule has 5 nitrogen and oxygen atoms in total. The summed E-state index contributed by atoms with van der Waals surface area (Å²) in [5.74, 6) is -0.591. The highest BCUT2D eigenvalue weighted by Gasteiger charge is 2.16. The van der Waals surface area contributed by atoms with Crippen LogP contribution >= 0.6 is 0 Å². The molecule has 0 aliphatic rings. The van der Waals surface area contributed by atoms with Crippen molar-refractivity contribution in [3.05, 3.63) is 97.2 Å². The van der Waals surface area contributed by atoms with Crippen LogP contribution in [-0.4, -0.2) is 36.4 Å². The first kappa shape index (κ1) is 62.8. The maximum Gasteiger partial charge on any atom is 0.306 e. The lowest BCUT2D eigenvalue weighted by Gasteiger charge is -2.15. The standard InChI is InChI=1S/C61H104O5/c1-3-5-7-9-11-13-15-17-19-21-22-23-24-25-26-27-28-29-30-31-32-33-34-35-36-37-38-40-42-44-46-48-50-52-54-56-61(64)66-59(57-62)58-65-60(63)55-53-51-49-47-45-43-41-39-20-18-16-14-12-10-8-6-4-2/h5,7,11,13,17,19,22-23,25-26,28-29,31-32,34-35,59,62H,3-4,6,8-10,12,14-16,18,20-21,24,27,30,33,36-58H2,1-2H3/b7-5-,13-11-,19-17-,23-22-,26-25-,29-28-,32-31-,35-34-. The highest BCUT2D eigenvalue weighted by atomic mass is 16.6. The molecule has 0 bridgehead atoms. The third-order valence-electron chi connectivity index (χ3n) is 11.9. The smallest absolute Gasteiger partial charge is 0.306 e. The van der Waals surface area contributed by atoms with E-state index < -0.39 is 6.10 Å². The highest BCUT2D eigenvalue weighted by Crippen LogP contribution is 2.16. The molecule has 0 amide bonds. The Labute approximate surface area is 408 Å². The number of hydrogen-bond acceptors (Lipinski definition) is 5. The van der Waals surface area contributed by atoms with Gasteiger partial charge in [0.05, 0.1) is 6.61 Å². The maximum atomic E-state index is 12.3. The predicted octanol–water partition coefficient (Wildman–Crippen LogP) is 18.7. The quantitative estimate of drug-likeness (QED) is 0.0374. The molecule has 0 aromatic rings. The molecular formula is C61H104O5. The van der Waals surface area contributed by atoms with Gasteiger partial charge in [-0.25, -0.2) is 0 Å². The number of aliphatic hydroxyl groups excluding tert-OH is 1. The van der Waals surface area contributed by atoms with Gasteiger partial charge < -0.3 is 14.6 Å². The van der Waals surface area contributed by atoms with E-state index in [0.717, 1.165) is 89.9 Å². The average molecular weight is 917 g/mol. The zero-order chi connectivity index (χ0) is 47.7. The lowest BCUT2D eigenvalue weighted by atomic mass is 10.0. The van der Waals surface area contributed by atoms with Crippen molar-refractivity contribution in [2.45, 2.75) is 264 Å². The van der Waals surface area contributed by atoms with Crippen molar-refractivity contribution >= 4 is 11.9 Å². The van der Waals surface area contributed by atoms with Crippen molar-refractivity contribution in [1.29, 1.82) is 0 Å². The third-order valence-corrected chi connectivity index (χ3v) is 11.9. The zero-order valence-corrected chi connectivity index (χ0v) is 43.2. The molecule has 0 radical (unpaired) electrons. The van der Waals surface area contributed by atoms with E-state index in [2.05, 4.69) is 111 Å². The minimum Gasteiger partial charge on any atom is -0.462 e. The number of esters is 2. The van der Waals surface area contributed by atoms with Crippen molar-refractivity contribution in [3.63, 3.8) is 0 Å². The van der Waals surface area contributed by atoms with Gasteiger partial charge in [0.2, 0.25) is 0 Å². The van der Waals surface area contributed by atoms with Crippen LogP contribution in [0.15, 0.2) is 97.2 Å². The van der Waals surface area contributed by atoms with Crippen molar-refractivity contribution in [2.24, 2.45) is 0 Å². The lowest BCUT2D eigenvalue weighted by molar-refractivity contribution is -0.161. The summed E-state index contributed by atoms with van der Waals surface area (Å²) in [6.07, 6.45) is 79.4. The Morgan fingerprint density at radius 3 is 0.985 bits per heavy atom. The second-order valence-corrected chi connectivity index (χ2v) is 18.3. The van der Waals surface area contributed by atoms with Crippen LogP contribution in [0, 0.1) is 0 Å². The van der Waals surface area contributed by atoms with Gasteiger partial charge in [0.25, 0.3) is 0 Å². The molecule has 0 fully saturated rings. The molecule has 1 unspecified atom stereocenters. The molecule has 0 heterocycles. The van der Waals surface area contributed by atoms with Crippen LogP contribution < -0.4 is 0 Å². The largest absolute Gasteiger partial charge is 0.462 e. The number of aliphatic hydroxyl groups is 1. The van der Waals surface area contributed by atoms with Crippen LogP contribution in [0.2, 0.25) is 0 Å². The fourth-order valence-corrected chi connectivity index (χ4v) is 7.75. The number of ether oxygens (including phenoxy) is 2. The summed E-state index contributed by atoms with van der Waals surface area (Å²) in [5, 5.41) is 9.64. The van der Waals surface area contributed by atoms with Crippen LogP contribution in [0.1, 0.15) is 258 Å². The van der Waals surface area contributed by atoms with Gasteiger partial charge in [-0.15, -0.1) is 0 Å². The van der Waals surface area contributed by atoms with E-state index in [1.165, 1.54) is 141 Å². The molecule has 5 heteroatoms. The summed E-state index contributed by atoms with van der Waals surface area (Å²) >= 11 is 0. The second-order valence-electron chi connectivity index (χ2n) is 18.3. The Balaban J connectivity index is 3.55. The van der Waals surface area contributed by atoms with Gasteiger partial charge in [-0.2, -0.15) is 0 Å². The first-order chi connectivity index (χ1) is 32.6. The molecule has 0 spiro atoms. The molecule has 1 N–H and O–H groups in total. The van der Waals surface area contributed by atoms with Gasteiger partial charge >= 0.3 is 11.9 Å². The second kappa shape index (κ2) is 56.1. The summed E-state index contributed by atoms with van der Waals surface area (Å²) in [4.78, 5) is 24.5. The Bertz CT molecular complexity index is 1270. The van der Waals surface area contributed by atoms with E-state index in [1.807, 2.05) is 0 Å². The van der Waals surface area contributed by atoms with Gasteiger partial charge in [0.1, 0.15) is 6.61 Å². The molecule has 0 aromatic heterocycles. The van der Waals surface area contributed by atoms with Gasteiger partial charge in [-0.3, -0.25) is 9.59 Å². The summed E-state index contributed by atoms with van der Waals surface area (Å²) < 4.78 is 10.7. The SMILES string of the molecule is CC/C=C\C/C=C\C/C=C\C/C=C\C/C=C\C/C=C\C/C=C\C/C=C\CCCCCCCCCCCCC(=O)OC(CO)COC(=O)CCCCCCCCCCCCCCCCCCC. The Morgan fingerprint density at radius 1 is 0.364 bits per heavy atom. The molecule has 0 aromatic carbocycles. The molecule has 378 valence electrons. The topological polar surface area (TPSA) is 72.8 Å². The fourth-order valence-electron chi connectivity index (χ4n) is 7.75. The number of hydrogen-bond donors (Lipinski definition) is 1. The third kappa shape index (κ3) is 53.4. The van der Waals surface area contributed by atoms with Crippen LogP contribution in [0.5, 0.6) is 0 Å². The monoisotopic (exact) mass is 917 g/mol. The molecular weight excluding hydrogens is 813 g/mol. The minimum absolute atomic E-state index is 0.0683. The van der Waals surface area contributed by atoms with E-state index in [4.69, 9.17) is 9.47 Å². The molecule has 0 saturated heterocycles. The van der Waals surface area contributed by atoms with Crippen molar-refractivity contribution < 1.29 is 24.2 Å². The molecule has 0 rings (SSSR count). The Morgan fingerprint density at radius 2 is 0.652 bits per heavy atom. The maximum absolute atomic E-state index is 12.3.